The molecule has 1 aromatic rings. The van der Waals surface area contributed by atoms with Crippen molar-refractivity contribution in [3.05, 3.63) is 41.5 Å². The lowest BCUT2D eigenvalue weighted by Gasteiger charge is -2.36. The third-order valence-corrected chi connectivity index (χ3v) is 5.34. The standard InChI is InChI=1S/C21H25N3O2/c22-16-19-9-5-4-6-17(19)10-11-20(25)23-12-14-24(15-13-23)21(26)18-7-2-1-3-8-18/h4-6,9-11,18H,1-3,7-8,12-15H2/b11-10+. The zero-order valence-electron chi connectivity index (χ0n) is 15.1. The van der Waals surface area contributed by atoms with Crippen LogP contribution in [0, 0.1) is 17.2 Å². The van der Waals surface area contributed by atoms with Gasteiger partial charge in [-0.15, -0.1) is 0 Å². The van der Waals surface area contributed by atoms with Gasteiger partial charge in [0, 0.05) is 38.2 Å². The van der Waals surface area contributed by atoms with Crippen molar-refractivity contribution in [1.29, 1.82) is 5.26 Å². The maximum absolute atomic E-state index is 12.6. The molecular weight excluding hydrogens is 326 g/mol. The van der Waals surface area contributed by atoms with Gasteiger partial charge in [-0.1, -0.05) is 37.5 Å². The Balaban J connectivity index is 1.53. The molecule has 2 fully saturated rings. The summed E-state index contributed by atoms with van der Waals surface area (Å²) < 4.78 is 0. The Morgan fingerprint density at radius 1 is 1.00 bits per heavy atom. The van der Waals surface area contributed by atoms with E-state index in [1.807, 2.05) is 17.0 Å². The molecule has 5 heteroatoms. The second kappa shape index (κ2) is 8.66. The third kappa shape index (κ3) is 4.32. The van der Waals surface area contributed by atoms with Gasteiger partial charge in [-0.2, -0.15) is 5.26 Å². The monoisotopic (exact) mass is 351 g/mol. The molecule has 26 heavy (non-hydrogen) atoms. The Kier molecular flexibility index (Phi) is 6.06. The van der Waals surface area contributed by atoms with Gasteiger partial charge in [-0.05, 0) is 30.5 Å². The second-order valence-electron chi connectivity index (χ2n) is 7.02. The molecule has 0 atom stereocenters. The van der Waals surface area contributed by atoms with Crippen LogP contribution in [-0.2, 0) is 9.59 Å². The highest BCUT2D eigenvalue weighted by Gasteiger charge is 2.29. The average Bonchev–Trinajstić information content (AvgIpc) is 2.72. The molecule has 1 saturated heterocycles. The number of hydrogen-bond donors (Lipinski definition) is 0. The number of carbonyl (C=O) groups is 2. The summed E-state index contributed by atoms with van der Waals surface area (Å²) >= 11 is 0. The van der Waals surface area contributed by atoms with E-state index in [1.165, 1.54) is 12.5 Å². The summed E-state index contributed by atoms with van der Waals surface area (Å²) in [6.07, 6.45) is 8.80. The summed E-state index contributed by atoms with van der Waals surface area (Å²) in [5.74, 6) is 0.395. The molecule has 1 aliphatic carbocycles. The summed E-state index contributed by atoms with van der Waals surface area (Å²) in [6.45, 7) is 2.37. The molecule has 2 aliphatic rings. The molecule has 0 N–H and O–H groups in total. The zero-order chi connectivity index (χ0) is 18.4. The van der Waals surface area contributed by atoms with Crippen molar-refractivity contribution >= 4 is 17.9 Å². The van der Waals surface area contributed by atoms with E-state index >= 15 is 0 Å². The fraction of sp³-hybridized carbons (Fsp3) is 0.476. The molecule has 0 bridgehead atoms. The lowest BCUT2D eigenvalue weighted by Crippen LogP contribution is -2.51. The van der Waals surface area contributed by atoms with Crippen LogP contribution in [0.4, 0.5) is 0 Å². The van der Waals surface area contributed by atoms with E-state index in [0.717, 1.165) is 31.2 Å². The number of piperazine rings is 1. The van der Waals surface area contributed by atoms with E-state index in [4.69, 9.17) is 5.26 Å². The predicted octanol–water partition coefficient (Wildman–Crippen LogP) is 2.82. The van der Waals surface area contributed by atoms with E-state index in [9.17, 15) is 9.59 Å². The van der Waals surface area contributed by atoms with E-state index in [0.29, 0.717) is 31.7 Å². The first-order valence-corrected chi connectivity index (χ1v) is 9.44. The van der Waals surface area contributed by atoms with Crippen LogP contribution in [0.2, 0.25) is 0 Å². The molecule has 1 aliphatic heterocycles. The molecule has 1 aromatic carbocycles. The van der Waals surface area contributed by atoms with Crippen molar-refractivity contribution in [3.8, 4) is 6.07 Å². The van der Waals surface area contributed by atoms with Crippen LogP contribution < -0.4 is 0 Å². The second-order valence-corrected chi connectivity index (χ2v) is 7.02. The fourth-order valence-electron chi connectivity index (χ4n) is 3.77. The summed E-state index contributed by atoms with van der Waals surface area (Å²) in [5, 5.41) is 9.10. The summed E-state index contributed by atoms with van der Waals surface area (Å²) in [4.78, 5) is 28.7. The predicted molar refractivity (Wildman–Crippen MR) is 99.9 cm³/mol. The van der Waals surface area contributed by atoms with Gasteiger partial charge < -0.3 is 9.80 Å². The molecule has 136 valence electrons. The van der Waals surface area contributed by atoms with Gasteiger partial charge in [0.1, 0.15) is 0 Å². The third-order valence-electron chi connectivity index (χ3n) is 5.34. The number of benzene rings is 1. The minimum atomic E-state index is -0.0671. The van der Waals surface area contributed by atoms with Crippen molar-refractivity contribution in [3.63, 3.8) is 0 Å². The lowest BCUT2D eigenvalue weighted by molar-refractivity contribution is -0.141. The summed E-state index contributed by atoms with van der Waals surface area (Å²) in [5.41, 5.74) is 1.30. The molecule has 3 rings (SSSR count). The number of nitriles is 1. The van der Waals surface area contributed by atoms with Crippen molar-refractivity contribution in [2.24, 2.45) is 5.92 Å². The lowest BCUT2D eigenvalue weighted by atomic mass is 9.88. The van der Waals surface area contributed by atoms with Crippen LogP contribution in [0.3, 0.4) is 0 Å². The van der Waals surface area contributed by atoms with Gasteiger partial charge in [-0.25, -0.2) is 0 Å². The highest BCUT2D eigenvalue weighted by atomic mass is 16.2. The molecule has 5 nitrogen and oxygen atoms in total. The minimum Gasteiger partial charge on any atom is -0.339 e. The molecule has 0 aromatic heterocycles. The molecule has 0 spiro atoms. The van der Waals surface area contributed by atoms with E-state index in [2.05, 4.69) is 6.07 Å². The molecule has 0 radical (unpaired) electrons. The number of hydrogen-bond acceptors (Lipinski definition) is 3. The van der Waals surface area contributed by atoms with Crippen LogP contribution in [0.1, 0.15) is 43.2 Å². The Morgan fingerprint density at radius 3 is 2.35 bits per heavy atom. The number of carbonyl (C=O) groups excluding carboxylic acids is 2. The number of amides is 2. The molecular formula is C21H25N3O2. The SMILES string of the molecule is N#Cc1ccccc1/C=C/C(=O)N1CCN(C(=O)C2CCCCC2)CC1. The average molecular weight is 351 g/mol. The van der Waals surface area contributed by atoms with E-state index in [1.54, 1.807) is 23.1 Å². The molecule has 1 saturated carbocycles. The van der Waals surface area contributed by atoms with Gasteiger partial charge in [0.2, 0.25) is 11.8 Å². The smallest absolute Gasteiger partial charge is 0.246 e. The van der Waals surface area contributed by atoms with Crippen LogP contribution in [0.25, 0.3) is 6.08 Å². The van der Waals surface area contributed by atoms with Gasteiger partial charge in [-0.3, -0.25) is 9.59 Å². The van der Waals surface area contributed by atoms with Crippen LogP contribution in [0.5, 0.6) is 0 Å². The Bertz CT molecular complexity index is 721. The van der Waals surface area contributed by atoms with Crippen molar-refractivity contribution in [2.75, 3.05) is 26.2 Å². The zero-order valence-corrected chi connectivity index (χ0v) is 15.1. The Hall–Kier alpha value is -2.61. The highest BCUT2D eigenvalue weighted by Crippen LogP contribution is 2.25. The summed E-state index contributed by atoms with van der Waals surface area (Å²) in [6, 6.07) is 9.34. The first-order valence-electron chi connectivity index (χ1n) is 9.44. The first kappa shape index (κ1) is 18.2. The highest BCUT2D eigenvalue weighted by molar-refractivity contribution is 5.92. The van der Waals surface area contributed by atoms with Gasteiger partial charge in [0.25, 0.3) is 0 Å². The van der Waals surface area contributed by atoms with Crippen LogP contribution in [-0.4, -0.2) is 47.8 Å². The Morgan fingerprint density at radius 2 is 1.65 bits per heavy atom. The van der Waals surface area contributed by atoms with Gasteiger partial charge in [0.05, 0.1) is 11.6 Å². The van der Waals surface area contributed by atoms with Crippen LogP contribution >= 0.6 is 0 Å². The topological polar surface area (TPSA) is 64.4 Å². The van der Waals surface area contributed by atoms with Crippen molar-refractivity contribution < 1.29 is 9.59 Å². The van der Waals surface area contributed by atoms with Gasteiger partial charge >= 0.3 is 0 Å². The minimum absolute atomic E-state index is 0.0671. The number of rotatable bonds is 3. The Labute approximate surface area is 154 Å². The quantitative estimate of drug-likeness (QED) is 0.787. The summed E-state index contributed by atoms with van der Waals surface area (Å²) in [7, 11) is 0. The molecule has 1 heterocycles. The van der Waals surface area contributed by atoms with Crippen molar-refractivity contribution in [1.82, 2.24) is 9.80 Å². The van der Waals surface area contributed by atoms with Gasteiger partial charge in [0.15, 0.2) is 0 Å². The largest absolute Gasteiger partial charge is 0.339 e. The van der Waals surface area contributed by atoms with Crippen LogP contribution in [0.15, 0.2) is 30.3 Å². The van der Waals surface area contributed by atoms with Crippen molar-refractivity contribution in [2.45, 2.75) is 32.1 Å². The van der Waals surface area contributed by atoms with E-state index in [-0.39, 0.29) is 17.7 Å². The number of nitrogens with zero attached hydrogens (tertiary/aromatic N) is 3. The maximum Gasteiger partial charge on any atom is 0.246 e. The van der Waals surface area contributed by atoms with E-state index < -0.39 is 0 Å². The first-order chi connectivity index (χ1) is 12.7. The normalized spacial score (nSPS) is 18.7. The maximum atomic E-state index is 12.6. The molecule has 0 unspecified atom stereocenters. The fourth-order valence-corrected chi connectivity index (χ4v) is 3.77. The molecule has 2 amide bonds.